The highest BCUT2D eigenvalue weighted by atomic mass is 32.2. The molecule has 0 amide bonds. The Morgan fingerprint density at radius 3 is 2.43 bits per heavy atom. The topological polar surface area (TPSA) is 73.6 Å². The predicted molar refractivity (Wildman–Crippen MR) is 107 cm³/mol. The van der Waals surface area contributed by atoms with E-state index < -0.39 is 15.8 Å². The van der Waals surface area contributed by atoms with Crippen molar-refractivity contribution >= 4 is 37.7 Å². The zero-order valence-electron chi connectivity index (χ0n) is 15.2. The Labute approximate surface area is 162 Å². The van der Waals surface area contributed by atoms with Crippen molar-refractivity contribution in [2.24, 2.45) is 0 Å². The number of esters is 1. The van der Waals surface area contributed by atoms with Gasteiger partial charge in [-0.25, -0.2) is 8.42 Å². The third-order valence-corrected chi connectivity index (χ3v) is 6.27. The van der Waals surface area contributed by atoms with Gasteiger partial charge in [-0.2, -0.15) is 0 Å². The highest BCUT2D eigenvalue weighted by Gasteiger charge is 2.18. The second-order valence-electron chi connectivity index (χ2n) is 6.61. The zero-order valence-corrected chi connectivity index (χ0v) is 16.0. The fourth-order valence-corrected chi connectivity index (χ4v) is 4.25. The SMILES string of the molecule is Cc1ccc(S(=O)(=O)CCC(=O)Oc2ccc3oc4ccccc4c3c2)cc1. The molecule has 5 nitrogen and oxygen atoms in total. The largest absolute Gasteiger partial charge is 0.456 e. The molecular formula is C22H18O5S. The number of carbonyl (C=O) groups excluding carboxylic acids is 1. The van der Waals surface area contributed by atoms with Gasteiger partial charge in [-0.1, -0.05) is 35.9 Å². The summed E-state index contributed by atoms with van der Waals surface area (Å²) in [5, 5.41) is 1.77. The first-order valence-electron chi connectivity index (χ1n) is 8.84. The minimum Gasteiger partial charge on any atom is -0.456 e. The van der Waals surface area contributed by atoms with Crippen LogP contribution in [0.5, 0.6) is 5.75 Å². The Kier molecular flexibility index (Phi) is 4.65. The molecule has 0 aliphatic carbocycles. The van der Waals surface area contributed by atoms with E-state index in [1.165, 1.54) is 0 Å². The van der Waals surface area contributed by atoms with Crippen molar-refractivity contribution in [1.29, 1.82) is 0 Å². The maximum atomic E-state index is 12.4. The fourth-order valence-electron chi connectivity index (χ4n) is 3.03. The van der Waals surface area contributed by atoms with Crippen LogP contribution >= 0.6 is 0 Å². The van der Waals surface area contributed by atoms with Crippen LogP contribution in [0.1, 0.15) is 12.0 Å². The number of furan rings is 1. The number of carbonyl (C=O) groups is 1. The molecule has 0 radical (unpaired) electrons. The maximum Gasteiger partial charge on any atom is 0.312 e. The minimum atomic E-state index is -3.53. The summed E-state index contributed by atoms with van der Waals surface area (Å²) in [7, 11) is -3.53. The molecule has 0 saturated carbocycles. The van der Waals surface area contributed by atoms with E-state index in [9.17, 15) is 13.2 Å². The number of hydrogen-bond acceptors (Lipinski definition) is 5. The van der Waals surface area contributed by atoms with Gasteiger partial charge in [-0.15, -0.1) is 0 Å². The van der Waals surface area contributed by atoms with Crippen LogP contribution < -0.4 is 4.74 Å². The molecule has 0 aliphatic heterocycles. The van der Waals surface area contributed by atoms with Gasteiger partial charge in [-0.05, 0) is 43.3 Å². The van der Waals surface area contributed by atoms with Gasteiger partial charge in [0.2, 0.25) is 0 Å². The number of aryl methyl sites for hydroxylation is 1. The van der Waals surface area contributed by atoms with Crippen LogP contribution in [-0.2, 0) is 14.6 Å². The summed E-state index contributed by atoms with van der Waals surface area (Å²) in [6, 6.07) is 19.3. The lowest BCUT2D eigenvalue weighted by Crippen LogP contribution is -2.15. The Morgan fingerprint density at radius 1 is 0.929 bits per heavy atom. The van der Waals surface area contributed by atoms with Crippen molar-refractivity contribution < 1.29 is 22.4 Å². The van der Waals surface area contributed by atoms with Crippen molar-refractivity contribution in [1.82, 2.24) is 0 Å². The summed E-state index contributed by atoms with van der Waals surface area (Å²) in [4.78, 5) is 12.4. The first-order valence-corrected chi connectivity index (χ1v) is 10.5. The molecule has 1 aromatic heterocycles. The van der Waals surface area contributed by atoms with Crippen LogP contribution in [0.2, 0.25) is 0 Å². The van der Waals surface area contributed by atoms with Gasteiger partial charge >= 0.3 is 5.97 Å². The first-order chi connectivity index (χ1) is 13.4. The molecule has 4 rings (SSSR count). The summed E-state index contributed by atoms with van der Waals surface area (Å²) < 4.78 is 35.8. The van der Waals surface area contributed by atoms with Gasteiger partial charge in [0.25, 0.3) is 0 Å². The quantitative estimate of drug-likeness (QED) is 0.363. The van der Waals surface area contributed by atoms with E-state index in [0.29, 0.717) is 11.3 Å². The number of ether oxygens (including phenoxy) is 1. The number of benzene rings is 3. The zero-order chi connectivity index (χ0) is 19.7. The number of fused-ring (bicyclic) bond motifs is 3. The van der Waals surface area contributed by atoms with Gasteiger partial charge in [-0.3, -0.25) is 4.79 Å². The average molecular weight is 394 g/mol. The molecule has 142 valence electrons. The summed E-state index contributed by atoms with van der Waals surface area (Å²) in [6.45, 7) is 1.88. The van der Waals surface area contributed by atoms with Crippen molar-refractivity contribution in [2.75, 3.05) is 5.75 Å². The number of hydrogen-bond donors (Lipinski definition) is 0. The highest BCUT2D eigenvalue weighted by molar-refractivity contribution is 7.91. The van der Waals surface area contributed by atoms with E-state index in [1.807, 2.05) is 31.2 Å². The van der Waals surface area contributed by atoms with Gasteiger partial charge in [0.15, 0.2) is 9.84 Å². The minimum absolute atomic E-state index is 0.206. The van der Waals surface area contributed by atoms with Gasteiger partial charge in [0.05, 0.1) is 17.1 Å². The number of sulfone groups is 1. The number of para-hydroxylation sites is 1. The molecule has 0 atom stereocenters. The molecule has 3 aromatic carbocycles. The summed E-state index contributed by atoms with van der Waals surface area (Å²) in [5.41, 5.74) is 2.42. The first kappa shape index (κ1) is 18.3. The predicted octanol–water partition coefficient (Wildman–Crippen LogP) is 4.66. The molecule has 0 N–H and O–H groups in total. The van der Waals surface area contributed by atoms with Crippen molar-refractivity contribution in [2.45, 2.75) is 18.2 Å². The molecule has 0 spiro atoms. The van der Waals surface area contributed by atoms with Crippen molar-refractivity contribution in [3.8, 4) is 5.75 Å². The lowest BCUT2D eigenvalue weighted by molar-refractivity contribution is -0.133. The summed E-state index contributed by atoms with van der Waals surface area (Å²) >= 11 is 0. The second kappa shape index (κ2) is 7.13. The van der Waals surface area contributed by atoms with Crippen LogP contribution in [-0.4, -0.2) is 20.1 Å². The van der Waals surface area contributed by atoms with Gasteiger partial charge < -0.3 is 9.15 Å². The molecule has 28 heavy (non-hydrogen) atoms. The normalized spacial score (nSPS) is 11.8. The van der Waals surface area contributed by atoms with E-state index in [4.69, 9.17) is 9.15 Å². The van der Waals surface area contributed by atoms with Gasteiger partial charge in [0.1, 0.15) is 16.9 Å². The maximum absolute atomic E-state index is 12.4. The Hall–Kier alpha value is -3.12. The lowest BCUT2D eigenvalue weighted by Gasteiger charge is -2.06. The third-order valence-electron chi connectivity index (χ3n) is 4.53. The molecule has 0 fully saturated rings. The molecule has 0 aliphatic rings. The standard InChI is InChI=1S/C22H18O5S/c1-15-6-9-17(10-7-15)28(24,25)13-12-22(23)26-16-8-11-21-19(14-16)18-4-2-3-5-20(18)27-21/h2-11,14H,12-13H2,1H3. The van der Waals surface area contributed by atoms with E-state index in [1.54, 1.807) is 42.5 Å². The summed E-state index contributed by atoms with van der Waals surface area (Å²) in [5.74, 6) is -0.536. The molecule has 6 heteroatoms. The molecule has 4 aromatic rings. The van der Waals surface area contributed by atoms with E-state index in [-0.39, 0.29) is 17.1 Å². The summed E-state index contributed by atoms with van der Waals surface area (Å²) in [6.07, 6.45) is -0.222. The van der Waals surface area contributed by atoms with Crippen LogP contribution in [0, 0.1) is 6.92 Å². The average Bonchev–Trinajstić information content (AvgIpc) is 3.05. The Bertz CT molecular complexity index is 1270. The monoisotopic (exact) mass is 394 g/mol. The van der Waals surface area contributed by atoms with E-state index in [2.05, 4.69) is 0 Å². The smallest absolute Gasteiger partial charge is 0.312 e. The lowest BCUT2D eigenvalue weighted by atomic mass is 10.1. The van der Waals surface area contributed by atoms with E-state index >= 15 is 0 Å². The highest BCUT2D eigenvalue weighted by Crippen LogP contribution is 2.31. The molecule has 0 bridgehead atoms. The third kappa shape index (κ3) is 3.64. The molecule has 0 saturated heterocycles. The van der Waals surface area contributed by atoms with Gasteiger partial charge in [0, 0.05) is 10.8 Å². The fraction of sp³-hybridized carbons (Fsp3) is 0.136. The molecule has 1 heterocycles. The van der Waals surface area contributed by atoms with Crippen LogP contribution in [0.15, 0.2) is 76.0 Å². The van der Waals surface area contributed by atoms with Crippen molar-refractivity contribution in [3.63, 3.8) is 0 Å². The van der Waals surface area contributed by atoms with Crippen LogP contribution in [0.25, 0.3) is 21.9 Å². The van der Waals surface area contributed by atoms with Crippen molar-refractivity contribution in [3.05, 3.63) is 72.3 Å². The second-order valence-corrected chi connectivity index (χ2v) is 8.72. The Balaban J connectivity index is 1.47. The van der Waals surface area contributed by atoms with Crippen LogP contribution in [0.4, 0.5) is 0 Å². The molecule has 0 unspecified atom stereocenters. The Morgan fingerprint density at radius 2 is 1.64 bits per heavy atom. The molecular weight excluding hydrogens is 376 g/mol. The number of rotatable bonds is 5. The van der Waals surface area contributed by atoms with E-state index in [0.717, 1.165) is 21.9 Å². The van der Waals surface area contributed by atoms with Crippen LogP contribution in [0.3, 0.4) is 0 Å².